The molecule has 0 bridgehead atoms. The molecule has 0 aliphatic heterocycles. The molecular weight excluding hydrogens is 252 g/mol. The van der Waals surface area contributed by atoms with Crippen molar-refractivity contribution in [2.45, 2.75) is 27.2 Å². The van der Waals surface area contributed by atoms with Crippen molar-refractivity contribution in [2.75, 3.05) is 0 Å². The van der Waals surface area contributed by atoms with E-state index in [1.807, 2.05) is 0 Å². The molecular formula is C12H15BrN2. The Labute approximate surface area is 98.5 Å². The molecule has 0 fully saturated rings. The quantitative estimate of drug-likeness (QED) is 0.812. The van der Waals surface area contributed by atoms with Gasteiger partial charge in [-0.2, -0.15) is 0 Å². The van der Waals surface area contributed by atoms with E-state index in [9.17, 15) is 0 Å². The van der Waals surface area contributed by atoms with Crippen molar-refractivity contribution in [1.29, 1.82) is 0 Å². The lowest BCUT2D eigenvalue weighted by Gasteiger charge is -2.01. The first-order chi connectivity index (χ1) is 7.08. The molecule has 0 atom stereocenters. The standard InChI is InChI=1S/C12H15BrN2/c1-8(2)6-10-12(13)15-7-9(3)4-5-11(15)14-10/h4-5,7-8H,6H2,1-3H3. The maximum absolute atomic E-state index is 4.61. The minimum Gasteiger partial charge on any atom is -0.294 e. The van der Waals surface area contributed by atoms with Crippen molar-refractivity contribution in [3.63, 3.8) is 0 Å². The van der Waals surface area contributed by atoms with Crippen LogP contribution in [0.1, 0.15) is 25.1 Å². The summed E-state index contributed by atoms with van der Waals surface area (Å²) in [5, 5.41) is 0. The lowest BCUT2D eigenvalue weighted by Crippen LogP contribution is -1.95. The molecule has 2 rings (SSSR count). The Morgan fingerprint density at radius 1 is 1.40 bits per heavy atom. The van der Waals surface area contributed by atoms with Gasteiger partial charge in [-0.15, -0.1) is 0 Å². The van der Waals surface area contributed by atoms with E-state index in [0.717, 1.165) is 22.4 Å². The zero-order valence-electron chi connectivity index (χ0n) is 9.29. The molecule has 0 radical (unpaired) electrons. The first-order valence-corrected chi connectivity index (χ1v) is 6.00. The largest absolute Gasteiger partial charge is 0.294 e. The molecule has 0 spiro atoms. The van der Waals surface area contributed by atoms with Crippen molar-refractivity contribution < 1.29 is 0 Å². The molecule has 0 aliphatic rings. The summed E-state index contributed by atoms with van der Waals surface area (Å²) in [5.41, 5.74) is 3.41. The minimum absolute atomic E-state index is 0.632. The maximum Gasteiger partial charge on any atom is 0.137 e. The number of aryl methyl sites for hydroxylation is 1. The van der Waals surface area contributed by atoms with Crippen LogP contribution in [-0.4, -0.2) is 9.38 Å². The van der Waals surface area contributed by atoms with Crippen LogP contribution >= 0.6 is 15.9 Å². The highest BCUT2D eigenvalue weighted by molar-refractivity contribution is 9.10. The summed E-state index contributed by atoms with van der Waals surface area (Å²) in [6, 6.07) is 4.15. The molecule has 2 nitrogen and oxygen atoms in total. The molecule has 0 saturated heterocycles. The molecule has 0 amide bonds. The monoisotopic (exact) mass is 266 g/mol. The molecule has 0 aliphatic carbocycles. The molecule has 2 aromatic rings. The van der Waals surface area contributed by atoms with Gasteiger partial charge in [-0.3, -0.25) is 4.40 Å². The number of imidazole rings is 1. The Morgan fingerprint density at radius 2 is 2.13 bits per heavy atom. The highest BCUT2D eigenvalue weighted by Crippen LogP contribution is 2.21. The number of halogens is 1. The number of hydrogen-bond acceptors (Lipinski definition) is 1. The van der Waals surface area contributed by atoms with Crippen molar-refractivity contribution >= 4 is 21.6 Å². The van der Waals surface area contributed by atoms with Gasteiger partial charge in [0.2, 0.25) is 0 Å². The van der Waals surface area contributed by atoms with Crippen molar-refractivity contribution in [1.82, 2.24) is 9.38 Å². The summed E-state index contributed by atoms with van der Waals surface area (Å²) in [4.78, 5) is 4.61. The van der Waals surface area contributed by atoms with E-state index in [4.69, 9.17) is 0 Å². The fourth-order valence-corrected chi connectivity index (χ4v) is 2.22. The van der Waals surface area contributed by atoms with Gasteiger partial charge in [0.25, 0.3) is 0 Å². The zero-order chi connectivity index (χ0) is 11.0. The summed E-state index contributed by atoms with van der Waals surface area (Å²) >= 11 is 3.61. The number of rotatable bonds is 2. The molecule has 80 valence electrons. The Bertz CT molecular complexity index is 486. The third-order valence-electron chi connectivity index (χ3n) is 2.38. The smallest absolute Gasteiger partial charge is 0.137 e. The van der Waals surface area contributed by atoms with E-state index >= 15 is 0 Å². The maximum atomic E-state index is 4.61. The van der Waals surface area contributed by atoms with E-state index < -0.39 is 0 Å². The topological polar surface area (TPSA) is 17.3 Å². The third kappa shape index (κ3) is 2.07. The van der Waals surface area contributed by atoms with Crippen LogP contribution in [-0.2, 0) is 6.42 Å². The van der Waals surface area contributed by atoms with Crippen LogP contribution in [0.4, 0.5) is 0 Å². The van der Waals surface area contributed by atoms with Crippen molar-refractivity contribution in [2.24, 2.45) is 5.92 Å². The second-order valence-electron chi connectivity index (χ2n) is 4.38. The first kappa shape index (κ1) is 10.7. The predicted molar refractivity (Wildman–Crippen MR) is 66.2 cm³/mol. The van der Waals surface area contributed by atoms with Crippen LogP contribution in [0.15, 0.2) is 22.9 Å². The second kappa shape index (κ2) is 3.97. The predicted octanol–water partition coefficient (Wildman–Crippen LogP) is 3.60. The first-order valence-electron chi connectivity index (χ1n) is 5.21. The van der Waals surface area contributed by atoms with Gasteiger partial charge in [0.05, 0.1) is 5.69 Å². The van der Waals surface area contributed by atoms with Crippen LogP contribution < -0.4 is 0 Å². The number of pyridine rings is 1. The number of aromatic nitrogens is 2. The van der Waals surface area contributed by atoms with Gasteiger partial charge in [-0.05, 0) is 46.8 Å². The summed E-state index contributed by atoms with van der Waals surface area (Å²) in [6.07, 6.45) is 3.12. The van der Waals surface area contributed by atoms with Gasteiger partial charge in [0.15, 0.2) is 0 Å². The van der Waals surface area contributed by atoms with Crippen LogP contribution in [0, 0.1) is 12.8 Å². The summed E-state index contributed by atoms with van der Waals surface area (Å²) < 4.78 is 3.20. The molecule has 0 N–H and O–H groups in total. The highest BCUT2D eigenvalue weighted by Gasteiger charge is 2.10. The Morgan fingerprint density at radius 3 is 2.80 bits per heavy atom. The van der Waals surface area contributed by atoms with Gasteiger partial charge < -0.3 is 0 Å². The van der Waals surface area contributed by atoms with Gasteiger partial charge in [0, 0.05) is 6.20 Å². The van der Waals surface area contributed by atoms with E-state index in [1.165, 1.54) is 5.56 Å². The molecule has 0 aromatic carbocycles. The fraction of sp³-hybridized carbons (Fsp3) is 0.417. The van der Waals surface area contributed by atoms with Gasteiger partial charge >= 0.3 is 0 Å². The number of fused-ring (bicyclic) bond motifs is 1. The molecule has 0 saturated carbocycles. The minimum atomic E-state index is 0.632. The number of nitrogens with zero attached hydrogens (tertiary/aromatic N) is 2. The second-order valence-corrected chi connectivity index (χ2v) is 5.13. The van der Waals surface area contributed by atoms with Crippen LogP contribution in [0.3, 0.4) is 0 Å². The van der Waals surface area contributed by atoms with Gasteiger partial charge in [-0.1, -0.05) is 19.9 Å². The van der Waals surface area contributed by atoms with Crippen molar-refractivity contribution in [3.8, 4) is 0 Å². The van der Waals surface area contributed by atoms with Gasteiger partial charge in [0.1, 0.15) is 10.3 Å². The van der Waals surface area contributed by atoms with E-state index in [2.05, 4.69) is 64.4 Å². The Hall–Kier alpha value is -0.830. The van der Waals surface area contributed by atoms with Crippen LogP contribution in [0.2, 0.25) is 0 Å². The van der Waals surface area contributed by atoms with Crippen LogP contribution in [0.25, 0.3) is 5.65 Å². The van der Waals surface area contributed by atoms with E-state index in [0.29, 0.717) is 5.92 Å². The average molecular weight is 267 g/mol. The molecule has 0 unspecified atom stereocenters. The van der Waals surface area contributed by atoms with E-state index in [1.54, 1.807) is 0 Å². The summed E-state index contributed by atoms with van der Waals surface area (Å²) in [5.74, 6) is 0.632. The number of hydrogen-bond donors (Lipinski definition) is 0. The lowest BCUT2D eigenvalue weighted by atomic mass is 10.1. The third-order valence-corrected chi connectivity index (χ3v) is 3.22. The zero-order valence-corrected chi connectivity index (χ0v) is 10.9. The fourth-order valence-electron chi connectivity index (χ4n) is 1.69. The highest BCUT2D eigenvalue weighted by atomic mass is 79.9. The molecule has 2 heterocycles. The Kier molecular flexibility index (Phi) is 2.83. The van der Waals surface area contributed by atoms with Gasteiger partial charge in [-0.25, -0.2) is 4.98 Å². The lowest BCUT2D eigenvalue weighted by molar-refractivity contribution is 0.636. The molecule has 3 heteroatoms. The molecule has 2 aromatic heterocycles. The molecule has 15 heavy (non-hydrogen) atoms. The van der Waals surface area contributed by atoms with Crippen LogP contribution in [0.5, 0.6) is 0 Å². The average Bonchev–Trinajstić information content (AvgIpc) is 2.44. The van der Waals surface area contributed by atoms with E-state index in [-0.39, 0.29) is 0 Å². The van der Waals surface area contributed by atoms with Crippen molar-refractivity contribution in [3.05, 3.63) is 34.2 Å². The Balaban J connectivity index is 2.54. The SMILES string of the molecule is Cc1ccc2nc(CC(C)C)c(Br)n2c1. The normalized spacial score (nSPS) is 11.5. The summed E-state index contributed by atoms with van der Waals surface area (Å²) in [7, 11) is 0. The summed E-state index contributed by atoms with van der Waals surface area (Å²) in [6.45, 7) is 6.51.